The van der Waals surface area contributed by atoms with Gasteiger partial charge in [-0.15, -0.1) is 0 Å². The van der Waals surface area contributed by atoms with E-state index >= 15 is 0 Å². The van der Waals surface area contributed by atoms with Gasteiger partial charge in [0.15, 0.2) is 8.07 Å². The van der Waals surface area contributed by atoms with E-state index in [0.29, 0.717) is 0 Å². The van der Waals surface area contributed by atoms with Crippen LogP contribution in [-0.4, -0.2) is 26.4 Å². The van der Waals surface area contributed by atoms with Crippen LogP contribution in [0.3, 0.4) is 0 Å². The number of benzene rings is 6. The van der Waals surface area contributed by atoms with Crippen molar-refractivity contribution < 1.29 is 9.31 Å². The molecule has 2 heterocycles. The highest BCUT2D eigenvalue weighted by atomic mass is 28.3. The average molecular weight is 561 g/mol. The molecule has 1 saturated heterocycles. The van der Waals surface area contributed by atoms with Gasteiger partial charge in [0.2, 0.25) is 0 Å². The summed E-state index contributed by atoms with van der Waals surface area (Å²) in [7, 11) is -3.16. The maximum atomic E-state index is 6.68. The number of hydrogen-bond donors (Lipinski definition) is 0. The normalized spacial score (nSPS) is 17.9. The molecular formula is C38H33BO2Si. The van der Waals surface area contributed by atoms with Gasteiger partial charge in [-0.1, -0.05) is 127 Å². The Morgan fingerprint density at radius 1 is 0.500 bits per heavy atom. The Morgan fingerprint density at radius 2 is 1.00 bits per heavy atom. The second kappa shape index (κ2) is 9.02. The fourth-order valence-electron chi connectivity index (χ4n) is 7.16. The van der Waals surface area contributed by atoms with Crippen molar-refractivity contribution in [2.24, 2.45) is 0 Å². The van der Waals surface area contributed by atoms with Gasteiger partial charge in [-0.2, -0.15) is 0 Å². The minimum atomic E-state index is -2.73. The number of fused-ring (bicyclic) bond motifs is 5. The lowest BCUT2D eigenvalue weighted by atomic mass is 9.74. The molecule has 2 nitrogen and oxygen atoms in total. The van der Waals surface area contributed by atoms with E-state index in [0.717, 1.165) is 5.46 Å². The molecule has 0 atom stereocenters. The van der Waals surface area contributed by atoms with Gasteiger partial charge < -0.3 is 9.31 Å². The number of hydrogen-bond acceptors (Lipinski definition) is 2. The topological polar surface area (TPSA) is 18.5 Å². The highest BCUT2D eigenvalue weighted by molar-refractivity contribution is 7.22. The van der Waals surface area contributed by atoms with Crippen LogP contribution >= 0.6 is 0 Å². The van der Waals surface area contributed by atoms with E-state index in [1.54, 1.807) is 0 Å². The molecule has 0 unspecified atom stereocenters. The molecule has 42 heavy (non-hydrogen) atoms. The summed E-state index contributed by atoms with van der Waals surface area (Å²) in [6.45, 7) is 8.53. The molecule has 4 heteroatoms. The van der Waals surface area contributed by atoms with Crippen LogP contribution < -0.4 is 26.2 Å². The zero-order valence-corrected chi connectivity index (χ0v) is 25.5. The van der Waals surface area contributed by atoms with Crippen LogP contribution in [0.15, 0.2) is 127 Å². The molecule has 0 N–H and O–H groups in total. The summed E-state index contributed by atoms with van der Waals surface area (Å²) < 4.78 is 13.4. The lowest BCUT2D eigenvalue weighted by molar-refractivity contribution is 0.00578. The Kier molecular flexibility index (Phi) is 5.52. The van der Waals surface area contributed by atoms with E-state index in [2.05, 4.69) is 155 Å². The van der Waals surface area contributed by atoms with Gasteiger partial charge in [-0.05, 0) is 86.6 Å². The maximum absolute atomic E-state index is 6.68. The molecule has 0 saturated carbocycles. The summed E-state index contributed by atoms with van der Waals surface area (Å²) in [5.41, 5.74) is 2.87. The first-order valence-electron chi connectivity index (χ1n) is 14.9. The van der Waals surface area contributed by atoms with Gasteiger partial charge in [0.1, 0.15) is 0 Å². The molecular weight excluding hydrogens is 527 g/mol. The van der Waals surface area contributed by atoms with Gasteiger partial charge >= 0.3 is 7.12 Å². The first-order chi connectivity index (χ1) is 20.3. The van der Waals surface area contributed by atoms with Crippen LogP contribution in [0.1, 0.15) is 27.7 Å². The molecule has 6 aromatic carbocycles. The summed E-state index contributed by atoms with van der Waals surface area (Å²) in [5.74, 6) is 0. The third-order valence-electron chi connectivity index (χ3n) is 9.97. The van der Waals surface area contributed by atoms with Crippen LogP contribution in [-0.2, 0) is 9.31 Å². The van der Waals surface area contributed by atoms with Crippen LogP contribution in [0.25, 0.3) is 32.7 Å². The minimum Gasteiger partial charge on any atom is -0.399 e. The van der Waals surface area contributed by atoms with Crippen molar-refractivity contribution in [2.75, 3.05) is 0 Å². The Hall–Kier alpha value is -3.96. The van der Waals surface area contributed by atoms with Crippen molar-refractivity contribution in [3.63, 3.8) is 0 Å². The highest BCUT2D eigenvalue weighted by Crippen LogP contribution is 2.38. The predicted molar refractivity (Wildman–Crippen MR) is 180 cm³/mol. The molecule has 2 aliphatic heterocycles. The van der Waals surface area contributed by atoms with Gasteiger partial charge in [0.25, 0.3) is 0 Å². The fraction of sp³-hybridized carbons (Fsp3) is 0.158. The summed E-state index contributed by atoms with van der Waals surface area (Å²) in [5, 5.41) is 10.7. The molecule has 0 aliphatic carbocycles. The first-order valence-corrected chi connectivity index (χ1v) is 16.9. The minimum absolute atomic E-state index is 0.413. The SMILES string of the molecule is CC1(C)OB(c2cccc3c2-c2ccccc2[Si]3(c2ccc3ccccc3c2)c2ccc3ccccc3c2)OC1(C)C. The molecule has 0 spiro atoms. The Bertz CT molecular complexity index is 1930. The molecule has 0 amide bonds. The third-order valence-corrected chi connectivity index (χ3v) is 14.8. The summed E-state index contributed by atoms with van der Waals surface area (Å²) in [6.07, 6.45) is 0. The van der Waals surface area contributed by atoms with Crippen molar-refractivity contribution in [2.45, 2.75) is 38.9 Å². The van der Waals surface area contributed by atoms with Crippen LogP contribution in [0.4, 0.5) is 0 Å². The van der Waals surface area contributed by atoms with E-state index in [-0.39, 0.29) is 0 Å². The standard InChI is InChI=1S/C38H33BO2Si/c1-37(2)38(3,4)41-39(40-37)33-17-11-19-35-36(33)32-16-9-10-18-34(32)42(35,30-22-20-26-12-5-7-14-28(26)24-30)31-23-21-27-13-6-8-15-29(27)25-31/h5-25H,1-4H3. The van der Waals surface area contributed by atoms with Crippen molar-refractivity contribution in [3.05, 3.63) is 127 Å². The Labute approximate surface area is 249 Å². The molecule has 8 rings (SSSR count). The molecule has 2 aliphatic rings. The lowest BCUT2D eigenvalue weighted by Crippen LogP contribution is -2.73. The Balaban J connectivity index is 1.47. The Morgan fingerprint density at radius 3 is 1.60 bits per heavy atom. The van der Waals surface area contributed by atoms with Gasteiger partial charge in [-0.3, -0.25) is 0 Å². The average Bonchev–Trinajstić information content (AvgIpc) is 3.43. The van der Waals surface area contributed by atoms with Crippen LogP contribution in [0.5, 0.6) is 0 Å². The maximum Gasteiger partial charge on any atom is 0.495 e. The van der Waals surface area contributed by atoms with Gasteiger partial charge in [0.05, 0.1) is 11.2 Å². The zero-order chi connectivity index (χ0) is 28.7. The van der Waals surface area contributed by atoms with E-state index in [4.69, 9.17) is 9.31 Å². The van der Waals surface area contributed by atoms with E-state index < -0.39 is 26.4 Å². The monoisotopic (exact) mass is 560 g/mol. The first kappa shape index (κ1) is 25.7. The van der Waals surface area contributed by atoms with Crippen molar-refractivity contribution >= 4 is 62.9 Å². The third kappa shape index (κ3) is 3.53. The smallest absolute Gasteiger partial charge is 0.399 e. The van der Waals surface area contributed by atoms with Crippen molar-refractivity contribution in [1.82, 2.24) is 0 Å². The van der Waals surface area contributed by atoms with Crippen LogP contribution in [0.2, 0.25) is 0 Å². The second-order valence-corrected chi connectivity index (χ2v) is 16.5. The molecule has 204 valence electrons. The molecule has 1 fully saturated rings. The van der Waals surface area contributed by atoms with Crippen LogP contribution in [0, 0.1) is 0 Å². The summed E-state index contributed by atoms with van der Waals surface area (Å²) in [4.78, 5) is 0. The molecule has 0 bridgehead atoms. The van der Waals surface area contributed by atoms with Gasteiger partial charge in [-0.25, -0.2) is 0 Å². The van der Waals surface area contributed by atoms with Crippen molar-refractivity contribution in [3.8, 4) is 11.1 Å². The largest absolute Gasteiger partial charge is 0.495 e. The van der Waals surface area contributed by atoms with Crippen molar-refractivity contribution in [1.29, 1.82) is 0 Å². The molecule has 6 aromatic rings. The molecule has 0 aromatic heterocycles. The predicted octanol–water partition coefficient (Wildman–Crippen LogP) is 5.65. The summed E-state index contributed by atoms with van der Waals surface area (Å²) >= 11 is 0. The zero-order valence-electron chi connectivity index (χ0n) is 24.5. The fourth-order valence-corrected chi connectivity index (χ4v) is 12.4. The summed E-state index contributed by atoms with van der Waals surface area (Å²) in [6, 6.07) is 47.6. The highest BCUT2D eigenvalue weighted by Gasteiger charge is 2.55. The lowest BCUT2D eigenvalue weighted by Gasteiger charge is -2.32. The van der Waals surface area contributed by atoms with E-state index in [9.17, 15) is 0 Å². The van der Waals surface area contributed by atoms with E-state index in [1.165, 1.54) is 53.4 Å². The van der Waals surface area contributed by atoms with E-state index in [1.807, 2.05) is 0 Å². The molecule has 0 radical (unpaired) electrons. The van der Waals surface area contributed by atoms with Gasteiger partial charge in [0, 0.05) is 0 Å². The number of rotatable bonds is 3. The second-order valence-electron chi connectivity index (χ2n) is 12.8. The quantitative estimate of drug-likeness (QED) is 0.260.